The molecule has 0 saturated carbocycles. The molecule has 2 aromatic carbocycles. The zero-order valence-electron chi connectivity index (χ0n) is 13.9. The maximum absolute atomic E-state index is 13.6. The van der Waals surface area contributed by atoms with Gasteiger partial charge in [0, 0.05) is 5.56 Å². The first-order chi connectivity index (χ1) is 12.5. The number of nitrogens with zero attached hydrogens (tertiary/aromatic N) is 2. The van der Waals surface area contributed by atoms with Crippen LogP contribution in [0.25, 0.3) is 12.2 Å². The molecule has 0 unspecified atom stereocenters. The summed E-state index contributed by atoms with van der Waals surface area (Å²) in [7, 11) is 0. The van der Waals surface area contributed by atoms with Crippen molar-refractivity contribution in [1.29, 1.82) is 0 Å². The van der Waals surface area contributed by atoms with Gasteiger partial charge in [-0.3, -0.25) is 10.1 Å². The van der Waals surface area contributed by atoms with Crippen LogP contribution < -0.4 is 4.74 Å². The molecule has 132 valence electrons. The predicted octanol–water partition coefficient (Wildman–Crippen LogP) is 4.78. The van der Waals surface area contributed by atoms with Crippen molar-refractivity contribution >= 4 is 17.8 Å². The monoisotopic (exact) mass is 354 g/mol. The van der Waals surface area contributed by atoms with Crippen molar-refractivity contribution in [2.75, 3.05) is 0 Å². The Bertz CT molecular complexity index is 948. The van der Waals surface area contributed by atoms with E-state index in [9.17, 15) is 14.5 Å². The summed E-state index contributed by atoms with van der Waals surface area (Å²) in [4.78, 5) is 10.5. The number of benzene rings is 2. The zero-order chi connectivity index (χ0) is 18.5. The van der Waals surface area contributed by atoms with E-state index in [1.807, 2.05) is 0 Å². The maximum atomic E-state index is 13.6. The Labute approximate surface area is 148 Å². The Balaban J connectivity index is 1.66. The minimum absolute atomic E-state index is 0.0902. The highest BCUT2D eigenvalue weighted by molar-refractivity contribution is 5.71. The van der Waals surface area contributed by atoms with Gasteiger partial charge in [-0.15, -0.1) is 0 Å². The van der Waals surface area contributed by atoms with Gasteiger partial charge in [0.1, 0.15) is 18.2 Å². The highest BCUT2D eigenvalue weighted by atomic mass is 19.1. The van der Waals surface area contributed by atoms with Gasteiger partial charge in [0.25, 0.3) is 0 Å². The van der Waals surface area contributed by atoms with Crippen LogP contribution >= 0.6 is 0 Å². The highest BCUT2D eigenvalue weighted by Crippen LogP contribution is 2.25. The first-order valence-electron chi connectivity index (χ1n) is 7.79. The molecule has 0 aliphatic carbocycles. The number of rotatable bonds is 6. The molecule has 3 rings (SSSR count). The second-order valence-electron chi connectivity index (χ2n) is 5.52. The van der Waals surface area contributed by atoms with E-state index in [0.717, 1.165) is 5.56 Å². The standard InChI is InChI=1S/C19H15FN2O4/c1-13-19(22(23)24)18(26-21-13)11-8-14-6-9-16(10-7-14)25-12-15-4-2-3-5-17(15)20/h2-11H,12H2,1H3/b11-8-. The van der Waals surface area contributed by atoms with Crippen molar-refractivity contribution < 1.29 is 18.6 Å². The topological polar surface area (TPSA) is 78.4 Å². The number of hydrogen-bond acceptors (Lipinski definition) is 5. The molecule has 26 heavy (non-hydrogen) atoms. The van der Waals surface area contributed by atoms with E-state index < -0.39 is 4.92 Å². The zero-order valence-corrected chi connectivity index (χ0v) is 13.9. The predicted molar refractivity (Wildman–Crippen MR) is 94.0 cm³/mol. The van der Waals surface area contributed by atoms with Gasteiger partial charge in [-0.2, -0.15) is 0 Å². The van der Waals surface area contributed by atoms with Crippen molar-refractivity contribution in [2.45, 2.75) is 13.5 Å². The van der Waals surface area contributed by atoms with Crippen LogP contribution in [-0.2, 0) is 6.61 Å². The molecule has 1 heterocycles. The van der Waals surface area contributed by atoms with Crippen molar-refractivity contribution in [3.05, 3.63) is 87.0 Å². The molecule has 0 bridgehead atoms. The number of halogens is 1. The van der Waals surface area contributed by atoms with Crippen LogP contribution in [0.15, 0.2) is 53.1 Å². The molecular formula is C19H15FN2O4. The Hall–Kier alpha value is -3.48. The van der Waals surface area contributed by atoms with Crippen molar-refractivity contribution in [1.82, 2.24) is 5.16 Å². The molecule has 0 fully saturated rings. The summed E-state index contributed by atoms with van der Waals surface area (Å²) in [5.74, 6) is 0.371. The van der Waals surface area contributed by atoms with Gasteiger partial charge in [-0.1, -0.05) is 41.6 Å². The van der Waals surface area contributed by atoms with Crippen molar-refractivity contribution in [3.63, 3.8) is 0 Å². The summed E-state index contributed by atoms with van der Waals surface area (Å²) >= 11 is 0. The van der Waals surface area contributed by atoms with Gasteiger partial charge in [-0.05, 0) is 36.8 Å². The lowest BCUT2D eigenvalue weighted by Crippen LogP contribution is -1.97. The summed E-state index contributed by atoms with van der Waals surface area (Å²) < 4.78 is 24.1. The molecule has 7 heteroatoms. The Kier molecular flexibility index (Phi) is 5.07. The third-order valence-corrected chi connectivity index (χ3v) is 3.70. The van der Waals surface area contributed by atoms with Crippen LogP contribution in [0.2, 0.25) is 0 Å². The molecule has 0 spiro atoms. The fraction of sp³-hybridized carbons (Fsp3) is 0.105. The Morgan fingerprint density at radius 1 is 1.19 bits per heavy atom. The fourth-order valence-electron chi connectivity index (χ4n) is 2.34. The fourth-order valence-corrected chi connectivity index (χ4v) is 2.34. The van der Waals surface area contributed by atoms with Gasteiger partial charge >= 0.3 is 5.69 Å². The minimum atomic E-state index is -0.523. The van der Waals surface area contributed by atoms with E-state index in [1.54, 1.807) is 48.5 Å². The number of hydrogen-bond donors (Lipinski definition) is 0. The van der Waals surface area contributed by atoms with E-state index in [0.29, 0.717) is 11.3 Å². The van der Waals surface area contributed by atoms with Gasteiger partial charge in [-0.25, -0.2) is 4.39 Å². The molecule has 0 amide bonds. The van der Waals surface area contributed by atoms with E-state index in [1.165, 1.54) is 19.1 Å². The molecule has 1 aromatic heterocycles. The SMILES string of the molecule is Cc1noc(/C=C\c2ccc(OCc3ccccc3F)cc2)c1[N+](=O)[O-]. The van der Waals surface area contributed by atoms with Crippen molar-refractivity contribution in [3.8, 4) is 5.75 Å². The second kappa shape index (κ2) is 7.60. The van der Waals surface area contributed by atoms with Crippen LogP contribution in [-0.4, -0.2) is 10.1 Å². The van der Waals surface area contributed by atoms with Gasteiger partial charge in [0.15, 0.2) is 5.69 Å². The lowest BCUT2D eigenvalue weighted by molar-refractivity contribution is -0.386. The van der Waals surface area contributed by atoms with Gasteiger partial charge in [0.05, 0.1) is 4.92 Å². The molecule has 0 radical (unpaired) electrons. The van der Waals surface area contributed by atoms with E-state index in [-0.39, 0.29) is 29.6 Å². The van der Waals surface area contributed by atoms with Gasteiger partial charge in [0.2, 0.25) is 5.76 Å². The van der Waals surface area contributed by atoms with Gasteiger partial charge < -0.3 is 9.26 Å². The number of aryl methyl sites for hydroxylation is 1. The average Bonchev–Trinajstić information content (AvgIpc) is 3.01. The minimum Gasteiger partial charge on any atom is -0.489 e. The summed E-state index contributed by atoms with van der Waals surface area (Å²) in [6, 6.07) is 13.5. The van der Waals surface area contributed by atoms with E-state index in [2.05, 4.69) is 5.16 Å². The van der Waals surface area contributed by atoms with Crippen LogP contribution in [0, 0.1) is 22.9 Å². The molecule has 0 saturated heterocycles. The largest absolute Gasteiger partial charge is 0.489 e. The number of ether oxygens (including phenoxy) is 1. The molecule has 0 aliphatic heterocycles. The van der Waals surface area contributed by atoms with E-state index in [4.69, 9.17) is 9.26 Å². The lowest BCUT2D eigenvalue weighted by atomic mass is 10.2. The average molecular weight is 354 g/mol. The number of nitro groups is 1. The lowest BCUT2D eigenvalue weighted by Gasteiger charge is -2.07. The molecular weight excluding hydrogens is 339 g/mol. The van der Waals surface area contributed by atoms with Crippen LogP contribution in [0.3, 0.4) is 0 Å². The number of aromatic nitrogens is 1. The molecule has 6 nitrogen and oxygen atoms in total. The highest BCUT2D eigenvalue weighted by Gasteiger charge is 2.21. The quantitative estimate of drug-likeness (QED) is 0.470. The molecule has 0 N–H and O–H groups in total. The molecule has 3 aromatic rings. The summed E-state index contributed by atoms with van der Waals surface area (Å²) in [6.07, 6.45) is 3.17. The van der Waals surface area contributed by atoms with Crippen LogP contribution in [0.5, 0.6) is 5.75 Å². The molecule has 0 aliphatic rings. The van der Waals surface area contributed by atoms with E-state index >= 15 is 0 Å². The second-order valence-corrected chi connectivity index (χ2v) is 5.52. The summed E-state index contributed by atoms with van der Waals surface area (Å²) in [6.45, 7) is 1.64. The third kappa shape index (κ3) is 3.94. The Morgan fingerprint density at radius 2 is 1.92 bits per heavy atom. The van der Waals surface area contributed by atoms with Crippen LogP contribution in [0.4, 0.5) is 10.1 Å². The smallest absolute Gasteiger partial charge is 0.338 e. The first kappa shape index (κ1) is 17.3. The third-order valence-electron chi connectivity index (χ3n) is 3.70. The summed E-state index contributed by atoms with van der Waals surface area (Å²) in [5, 5.41) is 14.6. The summed E-state index contributed by atoms with van der Waals surface area (Å²) in [5.41, 5.74) is 1.36. The molecule has 0 atom stereocenters. The first-order valence-corrected chi connectivity index (χ1v) is 7.79. The normalized spacial score (nSPS) is 11.0. The van der Waals surface area contributed by atoms with Crippen LogP contribution in [0.1, 0.15) is 22.6 Å². The van der Waals surface area contributed by atoms with Crippen molar-refractivity contribution in [2.24, 2.45) is 0 Å². The Morgan fingerprint density at radius 3 is 2.62 bits per heavy atom. The maximum Gasteiger partial charge on any atom is 0.338 e.